The first kappa shape index (κ1) is 105. The van der Waals surface area contributed by atoms with Crippen LogP contribution in [0.1, 0.15) is 103 Å². The van der Waals surface area contributed by atoms with Crippen molar-refractivity contribution in [2.45, 2.75) is 149 Å². The summed E-state index contributed by atoms with van der Waals surface area (Å²) in [6, 6.07) is 40.6. The molecule has 0 saturated carbocycles. The number of anilines is 6. The van der Waals surface area contributed by atoms with Gasteiger partial charge in [0.25, 0.3) is 5.91 Å². The molecule has 10 aliphatic heterocycles. The van der Waals surface area contributed by atoms with Crippen LogP contribution in [0.4, 0.5) is 34.5 Å². The molecule has 13 heterocycles. The molecule has 7 saturated heterocycles. The van der Waals surface area contributed by atoms with Gasteiger partial charge in [0.1, 0.15) is 55.4 Å². The van der Waals surface area contributed by atoms with Crippen molar-refractivity contribution < 1.29 is 33.3 Å². The largest absolute Gasteiger partial charge is 0.462 e. The fourth-order valence-electron chi connectivity index (χ4n) is 21.7. The Hall–Kier alpha value is -12.1. The van der Waals surface area contributed by atoms with Gasteiger partial charge in [-0.05, 0) is 197 Å². The summed E-state index contributed by atoms with van der Waals surface area (Å²) in [4.78, 5) is 111. The highest BCUT2D eigenvalue weighted by Gasteiger charge is 2.41. The molecule has 746 valence electrons. The fourth-order valence-corrected chi connectivity index (χ4v) is 21.7. The van der Waals surface area contributed by atoms with Crippen molar-refractivity contribution >= 4 is 112 Å². The second-order valence-electron chi connectivity index (χ2n) is 38.6. The SMILES string of the molecule is C.S.S.[C-]#[N+]C[C@H]1CN(c2nc(OC[C@@H]3CCCN3C)nc3c2CCN(c2cccc4cccc(C)c24)C3)CCN1C(=O)/C=C/CN(C)C.[C-]#[N+]C[C@H]1CN(c2nc(OC[C@@H]3CCCN3C)nc3c2CCN(c2cccc4cccc(C)c24)C3)CCN1C(=O)/C=C/CN1CCOCC1.[C-]#[N+]C[C@H]1CN(c2nc(OC[C@@H]3CCCN3C)nc3c2CCN(c2cccc4cccc(C)c24)C3)CCN1C(=O)C#CC. The summed E-state index contributed by atoms with van der Waals surface area (Å²) >= 11 is 0. The number of piperazine rings is 3. The van der Waals surface area contributed by atoms with E-state index in [0.717, 1.165) is 162 Å². The molecule has 6 aromatic carbocycles. The minimum absolute atomic E-state index is 0. The quantitative estimate of drug-likeness (QED) is 0.0311. The van der Waals surface area contributed by atoms with Crippen LogP contribution in [0.2, 0.25) is 0 Å². The van der Waals surface area contributed by atoms with Gasteiger partial charge in [-0.25, -0.2) is 19.7 Å². The minimum Gasteiger partial charge on any atom is -0.462 e. The standard InChI is InChI=1S/C38H48N8O3.C36H46N8O2.C34H39N7O2.CH4.2H2S/c1-28-8-4-9-29-10-5-12-34(36(28)29)44-17-14-32-33(26-44)40-38(49-27-30-11-6-15-42(30)3)41-37(32)45-18-19-46(31(25-45)24-39-2)35(47)13-7-16-43-20-22-48-23-21-43;1-26-10-6-11-27-12-7-14-32(34(26)27)42-19-16-30-31(24-42)38-36(46-25-28-13-8-18-41(28)5)39-35(30)43-20-21-44(29(23-43)22-37-2)33(45)15-9-17-40(3)4;1-5-9-31(42)41-19-18-40(21-27(41)20-35-3)33-28-15-17-39(30-14-7-12-25-11-6-10-24(2)32(25)30)22-29(28)36-34(37-33)43-23-26-13-8-16-38(26)4;;;/h4-5,7-10,12-13,30-31H,6,11,14-27H2,1,3H3;6-7,9-12,14-15,28-29H,8,13,16-25H2,1,3-5H3;6-7,10-12,14,26-27H,8,13,15-23H2,1-2,4H3;1H4;2*1H2/b13-7+;15-9+;;;;/t30-,31-;28-,29-;26-,27-;;;/m000.../s1. The number of aryl methyl sites for hydroxylation is 3. The van der Waals surface area contributed by atoms with Crippen LogP contribution >= 0.6 is 27.0 Å². The Labute approximate surface area is 847 Å². The third-order valence-corrected chi connectivity index (χ3v) is 29.4. The maximum absolute atomic E-state index is 13.4. The van der Waals surface area contributed by atoms with Crippen molar-refractivity contribution in [3.05, 3.63) is 218 Å². The molecule has 0 N–H and O–H groups in total. The summed E-state index contributed by atoms with van der Waals surface area (Å²) in [5, 5.41) is 7.57. The molecule has 141 heavy (non-hydrogen) atoms. The van der Waals surface area contributed by atoms with Gasteiger partial charge in [0, 0.05) is 185 Å². The van der Waals surface area contributed by atoms with Gasteiger partial charge < -0.3 is 97.2 Å². The number of benzene rings is 6. The molecule has 30 nitrogen and oxygen atoms in total. The van der Waals surface area contributed by atoms with Crippen LogP contribution < -0.4 is 43.6 Å². The molecule has 0 spiro atoms. The Morgan fingerprint density at radius 1 is 0.440 bits per heavy atom. The first-order valence-electron chi connectivity index (χ1n) is 49.5. The Bertz CT molecular complexity index is 6130. The number of amides is 3. The van der Waals surface area contributed by atoms with Crippen molar-refractivity contribution in [1.82, 2.24) is 69.1 Å². The zero-order valence-corrected chi connectivity index (χ0v) is 84.9. The summed E-state index contributed by atoms with van der Waals surface area (Å²) < 4.78 is 24.5. The molecule has 0 radical (unpaired) electrons. The van der Waals surface area contributed by atoms with Crippen LogP contribution in [-0.4, -0.2) is 335 Å². The number of nitrogens with zero attached hydrogens (tertiary/aromatic N) is 23. The number of morpholine rings is 1. The van der Waals surface area contributed by atoms with E-state index in [4.69, 9.17) is 68.6 Å². The topological polar surface area (TPSA) is 224 Å². The maximum Gasteiger partial charge on any atom is 0.318 e. The summed E-state index contributed by atoms with van der Waals surface area (Å²) in [6.45, 7) is 51.0. The molecule has 7 fully saturated rings. The lowest BCUT2D eigenvalue weighted by atomic mass is 9.99. The highest BCUT2D eigenvalue weighted by Crippen LogP contribution is 2.42. The van der Waals surface area contributed by atoms with Crippen LogP contribution in [0.3, 0.4) is 0 Å². The Morgan fingerprint density at radius 2 is 0.780 bits per heavy atom. The average molecular weight is 1950 g/mol. The van der Waals surface area contributed by atoms with Gasteiger partial charge in [-0.1, -0.05) is 116 Å². The molecular formula is C109H141N23O7S2. The molecule has 0 unspecified atom stereocenters. The number of likely N-dealkylation sites (N-methyl/N-ethyl adjacent to an activating group) is 4. The van der Waals surface area contributed by atoms with Gasteiger partial charge in [0.2, 0.25) is 31.4 Å². The van der Waals surface area contributed by atoms with E-state index in [1.807, 2.05) is 40.9 Å². The number of rotatable bonds is 24. The smallest absolute Gasteiger partial charge is 0.318 e. The van der Waals surface area contributed by atoms with E-state index >= 15 is 0 Å². The molecule has 3 amide bonds. The van der Waals surface area contributed by atoms with E-state index in [2.05, 4.69) is 226 Å². The molecule has 19 rings (SSSR count). The van der Waals surface area contributed by atoms with Gasteiger partial charge in [-0.2, -0.15) is 56.9 Å². The molecular weight excluding hydrogens is 1810 g/mol. The summed E-state index contributed by atoms with van der Waals surface area (Å²) in [5.41, 5.74) is 13.8. The van der Waals surface area contributed by atoms with Crippen molar-refractivity contribution in [2.75, 3.05) is 242 Å². The van der Waals surface area contributed by atoms with Crippen molar-refractivity contribution in [1.29, 1.82) is 0 Å². The Balaban J connectivity index is 0.000000167. The Kier molecular flexibility index (Phi) is 36.5. The lowest BCUT2D eigenvalue weighted by molar-refractivity contribution is -0.129. The van der Waals surface area contributed by atoms with E-state index in [9.17, 15) is 14.4 Å². The first-order chi connectivity index (χ1) is 67.3. The predicted octanol–water partition coefficient (Wildman–Crippen LogP) is 12.6. The molecule has 6 atom stereocenters. The van der Waals surface area contributed by atoms with Gasteiger partial charge >= 0.3 is 18.0 Å². The van der Waals surface area contributed by atoms with Crippen molar-refractivity contribution in [3.8, 4) is 29.9 Å². The van der Waals surface area contributed by atoms with Crippen molar-refractivity contribution in [3.63, 3.8) is 0 Å². The molecule has 3 aromatic heterocycles. The lowest BCUT2D eigenvalue weighted by Gasteiger charge is -2.41. The number of likely N-dealkylation sites (tertiary alicyclic amines) is 3. The van der Waals surface area contributed by atoms with Gasteiger partial charge in [0.05, 0.1) is 49.9 Å². The van der Waals surface area contributed by atoms with Crippen LogP contribution in [-0.2, 0) is 58.0 Å². The maximum atomic E-state index is 13.4. The second-order valence-corrected chi connectivity index (χ2v) is 38.6. The van der Waals surface area contributed by atoms with Crippen LogP contribution in [0.15, 0.2) is 133 Å². The highest BCUT2D eigenvalue weighted by molar-refractivity contribution is 7.59. The molecule has 32 heteroatoms. The van der Waals surface area contributed by atoms with Gasteiger partial charge in [0.15, 0.2) is 0 Å². The van der Waals surface area contributed by atoms with E-state index in [0.29, 0.717) is 141 Å². The number of ether oxygens (including phenoxy) is 4. The number of aromatic nitrogens is 6. The third kappa shape index (κ3) is 24.6. The number of carbonyl (C=O) groups is 3. The summed E-state index contributed by atoms with van der Waals surface area (Å²) in [7, 11) is 10.4. The first-order valence-corrected chi connectivity index (χ1v) is 49.5. The number of hydrogen-bond donors (Lipinski definition) is 0. The molecule has 0 bridgehead atoms. The van der Waals surface area contributed by atoms with E-state index < -0.39 is 0 Å². The fraction of sp³-hybridized carbons (Fsp3) is 0.505. The van der Waals surface area contributed by atoms with E-state index in [1.165, 1.54) is 85.3 Å². The molecule has 0 aliphatic carbocycles. The normalized spacial score (nSPS) is 20.6. The summed E-state index contributed by atoms with van der Waals surface area (Å²) in [6.07, 6.45) is 16.4. The van der Waals surface area contributed by atoms with Gasteiger partial charge in [-0.15, -0.1) is 0 Å². The zero-order valence-electron chi connectivity index (χ0n) is 82.9. The van der Waals surface area contributed by atoms with Crippen LogP contribution in [0, 0.1) is 52.3 Å². The van der Waals surface area contributed by atoms with Crippen LogP contribution in [0.5, 0.6) is 18.0 Å². The lowest BCUT2D eigenvalue weighted by Crippen LogP contribution is -2.56. The average Bonchev–Trinajstić information content (AvgIpc) is 1.50. The van der Waals surface area contributed by atoms with Gasteiger partial charge in [-0.3, -0.25) is 19.3 Å². The molecule has 9 aromatic rings. The highest BCUT2D eigenvalue weighted by atomic mass is 32.1. The summed E-state index contributed by atoms with van der Waals surface area (Å²) in [5.74, 6) is 7.74. The number of carbonyl (C=O) groups excluding carboxylic acids is 3. The zero-order chi connectivity index (χ0) is 95.9. The predicted molar refractivity (Wildman–Crippen MR) is 572 cm³/mol. The van der Waals surface area contributed by atoms with E-state index in [1.54, 1.807) is 24.0 Å². The van der Waals surface area contributed by atoms with E-state index in [-0.39, 0.29) is 89.9 Å². The third-order valence-electron chi connectivity index (χ3n) is 29.4. The minimum atomic E-state index is -0.250. The monoisotopic (exact) mass is 1950 g/mol. The Morgan fingerprint density at radius 3 is 1.11 bits per heavy atom. The van der Waals surface area contributed by atoms with Crippen molar-refractivity contribution in [2.24, 2.45) is 0 Å². The van der Waals surface area contributed by atoms with Crippen LogP contribution in [0.25, 0.3) is 46.9 Å². The second kappa shape index (κ2) is 49.1. The number of hydrogen-bond acceptors (Lipinski definition) is 24. The molecule has 10 aliphatic rings. The number of fused-ring (bicyclic) bond motifs is 6.